The number of carbonyl (C=O) groups is 1. The minimum atomic E-state index is -4.35. The van der Waals surface area contributed by atoms with E-state index >= 15 is 0 Å². The van der Waals surface area contributed by atoms with Crippen molar-refractivity contribution in [2.75, 3.05) is 19.0 Å². The number of thiazole rings is 1. The highest BCUT2D eigenvalue weighted by atomic mass is 32.1. The molecule has 5 nitrogen and oxygen atoms in total. The van der Waals surface area contributed by atoms with E-state index in [9.17, 15) is 18.0 Å². The molecule has 1 amide bonds. The Morgan fingerprint density at radius 3 is 2.62 bits per heavy atom. The predicted molar refractivity (Wildman–Crippen MR) is 84.8 cm³/mol. The summed E-state index contributed by atoms with van der Waals surface area (Å²) in [5, 5.41) is 2.96. The second kappa shape index (κ2) is 7.73. The van der Waals surface area contributed by atoms with E-state index in [0.717, 1.165) is 22.6 Å². The number of carbonyl (C=O) groups excluding carboxylic acids is 1. The standard InChI is InChI=1S/C15H16F3N3O2S/c1-23-8-12(19)13(22)21-14-20-7-11(24-14)6-9-2-4-10(5-3-9)15(16,17)18/h2-5,7,12H,6,8,19H2,1H3,(H,20,21,22). The Morgan fingerprint density at radius 1 is 1.38 bits per heavy atom. The average Bonchev–Trinajstić information content (AvgIpc) is 2.94. The molecule has 0 radical (unpaired) electrons. The quantitative estimate of drug-likeness (QED) is 0.831. The van der Waals surface area contributed by atoms with Crippen molar-refractivity contribution in [2.45, 2.75) is 18.6 Å². The van der Waals surface area contributed by atoms with E-state index in [4.69, 9.17) is 10.5 Å². The van der Waals surface area contributed by atoms with Gasteiger partial charge in [-0.15, -0.1) is 11.3 Å². The van der Waals surface area contributed by atoms with Crippen molar-refractivity contribution in [3.63, 3.8) is 0 Å². The maximum Gasteiger partial charge on any atom is 0.416 e. The van der Waals surface area contributed by atoms with Gasteiger partial charge < -0.3 is 15.8 Å². The van der Waals surface area contributed by atoms with E-state index in [-0.39, 0.29) is 6.61 Å². The molecule has 2 rings (SSSR count). The molecule has 1 aromatic heterocycles. The van der Waals surface area contributed by atoms with Crippen LogP contribution in [0.3, 0.4) is 0 Å². The first-order valence-electron chi connectivity index (χ1n) is 6.96. The third-order valence-electron chi connectivity index (χ3n) is 3.13. The van der Waals surface area contributed by atoms with Crippen LogP contribution in [-0.2, 0) is 22.1 Å². The second-order valence-corrected chi connectivity index (χ2v) is 6.17. The molecule has 24 heavy (non-hydrogen) atoms. The smallest absolute Gasteiger partial charge is 0.383 e. The van der Waals surface area contributed by atoms with E-state index in [1.807, 2.05) is 0 Å². The van der Waals surface area contributed by atoms with E-state index in [1.54, 1.807) is 6.20 Å². The summed E-state index contributed by atoms with van der Waals surface area (Å²) in [6.07, 6.45) is -2.35. The number of aromatic nitrogens is 1. The van der Waals surface area contributed by atoms with Crippen molar-refractivity contribution < 1.29 is 22.7 Å². The molecule has 0 aliphatic carbocycles. The first kappa shape index (κ1) is 18.4. The summed E-state index contributed by atoms with van der Waals surface area (Å²) in [7, 11) is 1.44. The van der Waals surface area contributed by atoms with Crippen LogP contribution in [0.15, 0.2) is 30.5 Å². The largest absolute Gasteiger partial charge is 0.416 e. The molecule has 2 aromatic rings. The van der Waals surface area contributed by atoms with Gasteiger partial charge in [-0.25, -0.2) is 4.98 Å². The SMILES string of the molecule is COCC(N)C(=O)Nc1ncc(Cc2ccc(C(F)(F)F)cc2)s1. The maximum absolute atomic E-state index is 12.5. The molecular weight excluding hydrogens is 343 g/mol. The van der Waals surface area contributed by atoms with Gasteiger partial charge >= 0.3 is 6.18 Å². The predicted octanol–water partition coefficient (Wildman–Crippen LogP) is 2.66. The molecule has 130 valence electrons. The number of ether oxygens (including phenoxy) is 1. The Labute approximate surface area is 140 Å². The van der Waals surface area contributed by atoms with Gasteiger partial charge in [-0.2, -0.15) is 13.2 Å². The highest BCUT2D eigenvalue weighted by Gasteiger charge is 2.29. The molecule has 0 aliphatic heterocycles. The van der Waals surface area contributed by atoms with Crippen molar-refractivity contribution >= 4 is 22.4 Å². The van der Waals surface area contributed by atoms with E-state index in [2.05, 4.69) is 10.3 Å². The van der Waals surface area contributed by atoms with Gasteiger partial charge in [0, 0.05) is 24.6 Å². The molecule has 0 fully saturated rings. The number of nitrogens with two attached hydrogens (primary N) is 1. The van der Waals surface area contributed by atoms with Gasteiger partial charge in [0.1, 0.15) is 6.04 Å². The molecule has 1 aromatic carbocycles. The lowest BCUT2D eigenvalue weighted by Gasteiger charge is -2.08. The highest BCUT2D eigenvalue weighted by Crippen LogP contribution is 2.29. The fourth-order valence-corrected chi connectivity index (χ4v) is 2.76. The molecule has 0 saturated carbocycles. The fraction of sp³-hybridized carbons (Fsp3) is 0.333. The van der Waals surface area contributed by atoms with Crippen LogP contribution in [0.4, 0.5) is 18.3 Å². The number of benzene rings is 1. The third-order valence-corrected chi connectivity index (χ3v) is 4.04. The minimum Gasteiger partial charge on any atom is -0.383 e. The zero-order chi connectivity index (χ0) is 17.7. The van der Waals surface area contributed by atoms with Crippen LogP contribution < -0.4 is 11.1 Å². The molecule has 1 atom stereocenters. The summed E-state index contributed by atoms with van der Waals surface area (Å²) in [6, 6.07) is 4.15. The van der Waals surface area contributed by atoms with Crippen molar-refractivity contribution in [3.8, 4) is 0 Å². The average molecular weight is 359 g/mol. The normalized spacial score (nSPS) is 12.9. The summed E-state index contributed by atoms with van der Waals surface area (Å²) in [5.41, 5.74) is 5.64. The lowest BCUT2D eigenvalue weighted by Crippen LogP contribution is -2.39. The molecule has 0 bridgehead atoms. The number of methoxy groups -OCH3 is 1. The number of nitrogens with zero attached hydrogens (tertiary/aromatic N) is 1. The zero-order valence-electron chi connectivity index (χ0n) is 12.8. The number of nitrogens with one attached hydrogen (secondary N) is 1. The summed E-state index contributed by atoms with van der Waals surface area (Å²) in [6.45, 7) is 0.0929. The van der Waals surface area contributed by atoms with Crippen LogP contribution in [0.2, 0.25) is 0 Å². The van der Waals surface area contributed by atoms with E-state index < -0.39 is 23.7 Å². The summed E-state index contributed by atoms with van der Waals surface area (Å²) in [4.78, 5) is 16.6. The van der Waals surface area contributed by atoms with Gasteiger partial charge in [0.25, 0.3) is 0 Å². The monoisotopic (exact) mass is 359 g/mol. The van der Waals surface area contributed by atoms with Gasteiger partial charge in [0.2, 0.25) is 5.91 Å². The van der Waals surface area contributed by atoms with Crippen molar-refractivity contribution in [2.24, 2.45) is 5.73 Å². The number of hydrogen-bond acceptors (Lipinski definition) is 5. The van der Waals surface area contributed by atoms with Gasteiger partial charge in [0.05, 0.1) is 12.2 Å². The molecule has 0 saturated heterocycles. The topological polar surface area (TPSA) is 77.2 Å². The highest BCUT2D eigenvalue weighted by molar-refractivity contribution is 7.15. The van der Waals surface area contributed by atoms with Crippen molar-refractivity contribution in [1.82, 2.24) is 4.98 Å². The van der Waals surface area contributed by atoms with Gasteiger partial charge in [-0.3, -0.25) is 4.79 Å². The number of alkyl halides is 3. The van der Waals surface area contributed by atoms with Crippen molar-refractivity contribution in [1.29, 1.82) is 0 Å². The first-order chi connectivity index (χ1) is 11.3. The number of halogens is 3. The van der Waals surface area contributed by atoms with Crippen molar-refractivity contribution in [3.05, 3.63) is 46.5 Å². The Balaban J connectivity index is 1.97. The minimum absolute atomic E-state index is 0.0929. The summed E-state index contributed by atoms with van der Waals surface area (Å²) in [5.74, 6) is -0.410. The molecule has 0 aliphatic rings. The molecule has 9 heteroatoms. The molecule has 0 spiro atoms. The number of amides is 1. The maximum atomic E-state index is 12.5. The second-order valence-electron chi connectivity index (χ2n) is 5.05. The van der Waals surface area contributed by atoms with Crippen LogP contribution in [0.25, 0.3) is 0 Å². The lowest BCUT2D eigenvalue weighted by atomic mass is 10.1. The Morgan fingerprint density at radius 2 is 2.04 bits per heavy atom. The molecular formula is C15H16F3N3O2S. The Hall–Kier alpha value is -1.97. The van der Waals surface area contributed by atoms with Gasteiger partial charge in [0.15, 0.2) is 5.13 Å². The van der Waals surface area contributed by atoms with E-state index in [0.29, 0.717) is 11.6 Å². The third kappa shape index (κ3) is 5.02. The van der Waals surface area contributed by atoms with Gasteiger partial charge in [-0.1, -0.05) is 12.1 Å². The first-order valence-corrected chi connectivity index (χ1v) is 7.77. The Kier molecular flexibility index (Phi) is 5.92. The van der Waals surface area contributed by atoms with Crippen LogP contribution in [0.5, 0.6) is 0 Å². The van der Waals surface area contributed by atoms with E-state index in [1.165, 1.54) is 30.6 Å². The van der Waals surface area contributed by atoms with Crippen LogP contribution >= 0.6 is 11.3 Å². The number of anilines is 1. The molecule has 3 N–H and O–H groups in total. The van der Waals surface area contributed by atoms with Gasteiger partial charge in [-0.05, 0) is 17.7 Å². The Bertz CT molecular complexity index is 686. The summed E-state index contributed by atoms with van der Waals surface area (Å²) >= 11 is 1.24. The summed E-state index contributed by atoms with van der Waals surface area (Å²) < 4.78 is 42.4. The molecule has 1 unspecified atom stereocenters. The fourth-order valence-electron chi connectivity index (χ4n) is 1.91. The van der Waals surface area contributed by atoms with Crippen LogP contribution in [-0.4, -0.2) is 30.6 Å². The molecule has 1 heterocycles. The lowest BCUT2D eigenvalue weighted by molar-refractivity contribution is -0.137. The van der Waals surface area contributed by atoms with Crippen LogP contribution in [0, 0.1) is 0 Å². The number of rotatable bonds is 6. The zero-order valence-corrected chi connectivity index (χ0v) is 13.6. The number of hydrogen-bond donors (Lipinski definition) is 2. The van der Waals surface area contributed by atoms with Crippen LogP contribution in [0.1, 0.15) is 16.0 Å².